The number of aryl methyl sites for hydroxylation is 1. The van der Waals surface area contributed by atoms with E-state index in [1.165, 1.54) is 0 Å². The van der Waals surface area contributed by atoms with Gasteiger partial charge in [0.2, 0.25) is 0 Å². The fourth-order valence-corrected chi connectivity index (χ4v) is 1.89. The average Bonchev–Trinajstić information content (AvgIpc) is 2.41. The van der Waals surface area contributed by atoms with Crippen LogP contribution in [0.5, 0.6) is 0 Å². The van der Waals surface area contributed by atoms with Gasteiger partial charge >= 0.3 is 5.97 Å². The molecule has 1 rings (SSSR count). The van der Waals surface area contributed by atoms with Crippen LogP contribution in [0.2, 0.25) is 0 Å². The predicted molar refractivity (Wildman–Crippen MR) is 58.9 cm³/mol. The minimum Gasteiger partial charge on any atom is -0.480 e. The van der Waals surface area contributed by atoms with Crippen molar-refractivity contribution in [2.75, 3.05) is 0 Å². The quantitative estimate of drug-likeness (QED) is 0.781. The van der Waals surface area contributed by atoms with Crippen molar-refractivity contribution in [2.45, 2.75) is 39.8 Å². The lowest BCUT2D eigenvalue weighted by atomic mass is 10.1. The van der Waals surface area contributed by atoms with Crippen molar-refractivity contribution in [3.63, 3.8) is 0 Å². The Kier molecular flexibility index (Phi) is 3.52. The standard InChI is InChI=1S/C11H18N2O2/c1-4-13-7(2)5-9(8(13)3)6-10(12)11(14)15/h5,10H,4,6,12H2,1-3H3,(H,14,15). The molecule has 0 aliphatic rings. The van der Waals surface area contributed by atoms with Crippen molar-refractivity contribution in [3.05, 3.63) is 23.0 Å². The van der Waals surface area contributed by atoms with Gasteiger partial charge in [0.05, 0.1) is 0 Å². The third kappa shape index (κ3) is 2.39. The Morgan fingerprint density at radius 2 is 2.20 bits per heavy atom. The first-order chi connectivity index (χ1) is 6.97. The maximum Gasteiger partial charge on any atom is 0.320 e. The second-order valence-corrected chi connectivity index (χ2v) is 3.79. The van der Waals surface area contributed by atoms with Gasteiger partial charge in [-0.3, -0.25) is 4.79 Å². The van der Waals surface area contributed by atoms with Gasteiger partial charge in [0, 0.05) is 17.9 Å². The lowest BCUT2D eigenvalue weighted by Gasteiger charge is -2.08. The van der Waals surface area contributed by atoms with E-state index in [2.05, 4.69) is 11.5 Å². The van der Waals surface area contributed by atoms with E-state index in [1.54, 1.807) is 0 Å². The number of rotatable bonds is 4. The number of carbonyl (C=O) groups is 1. The van der Waals surface area contributed by atoms with Crippen LogP contribution in [0.1, 0.15) is 23.9 Å². The van der Waals surface area contributed by atoms with Gasteiger partial charge in [0.25, 0.3) is 0 Å². The molecular weight excluding hydrogens is 192 g/mol. The summed E-state index contributed by atoms with van der Waals surface area (Å²) in [5.74, 6) is -0.948. The monoisotopic (exact) mass is 210 g/mol. The highest BCUT2D eigenvalue weighted by Gasteiger charge is 2.16. The number of carboxylic acid groups (broad SMARTS) is 1. The molecule has 0 aliphatic carbocycles. The molecule has 1 atom stereocenters. The average molecular weight is 210 g/mol. The Morgan fingerprint density at radius 3 is 2.60 bits per heavy atom. The summed E-state index contributed by atoms with van der Waals surface area (Å²) < 4.78 is 2.16. The predicted octanol–water partition coefficient (Wildman–Crippen LogP) is 1.08. The smallest absolute Gasteiger partial charge is 0.320 e. The first-order valence-electron chi connectivity index (χ1n) is 5.11. The number of nitrogens with two attached hydrogens (primary N) is 1. The number of aliphatic carboxylic acids is 1. The van der Waals surface area contributed by atoms with Gasteiger partial charge in [0.1, 0.15) is 6.04 Å². The lowest BCUT2D eigenvalue weighted by Crippen LogP contribution is -2.32. The van der Waals surface area contributed by atoms with Crippen LogP contribution >= 0.6 is 0 Å². The van der Waals surface area contributed by atoms with Gasteiger partial charge in [0.15, 0.2) is 0 Å². The van der Waals surface area contributed by atoms with E-state index in [9.17, 15) is 4.79 Å². The SMILES string of the molecule is CCn1c(C)cc(CC(N)C(=O)O)c1C. The minimum absolute atomic E-state index is 0.398. The molecule has 0 saturated carbocycles. The molecule has 0 bridgehead atoms. The highest BCUT2D eigenvalue weighted by atomic mass is 16.4. The Bertz CT molecular complexity index is 369. The molecule has 84 valence electrons. The first kappa shape index (κ1) is 11.8. The lowest BCUT2D eigenvalue weighted by molar-refractivity contribution is -0.138. The molecule has 15 heavy (non-hydrogen) atoms. The van der Waals surface area contributed by atoms with E-state index in [1.807, 2.05) is 19.9 Å². The first-order valence-corrected chi connectivity index (χ1v) is 5.11. The largest absolute Gasteiger partial charge is 0.480 e. The summed E-state index contributed by atoms with van der Waals surface area (Å²) in [4.78, 5) is 10.6. The fraction of sp³-hybridized carbons (Fsp3) is 0.545. The second kappa shape index (κ2) is 4.49. The molecule has 4 heteroatoms. The van der Waals surface area contributed by atoms with Gasteiger partial charge in [-0.1, -0.05) is 0 Å². The van der Waals surface area contributed by atoms with Gasteiger partial charge < -0.3 is 15.4 Å². The number of carboxylic acids is 1. The zero-order valence-electron chi connectivity index (χ0n) is 9.45. The van der Waals surface area contributed by atoms with Crippen LogP contribution in [0.4, 0.5) is 0 Å². The van der Waals surface area contributed by atoms with Gasteiger partial charge in [-0.05, 0) is 38.8 Å². The van der Waals surface area contributed by atoms with Crippen LogP contribution in [0.15, 0.2) is 6.07 Å². The Balaban J connectivity index is 2.91. The van der Waals surface area contributed by atoms with Crippen LogP contribution < -0.4 is 5.73 Å². The van der Waals surface area contributed by atoms with Crippen LogP contribution in [0.25, 0.3) is 0 Å². The fourth-order valence-electron chi connectivity index (χ4n) is 1.89. The third-order valence-corrected chi connectivity index (χ3v) is 2.75. The van der Waals surface area contributed by atoms with Crippen molar-refractivity contribution in [1.82, 2.24) is 4.57 Å². The number of aromatic nitrogens is 1. The molecule has 0 spiro atoms. The van der Waals surface area contributed by atoms with E-state index in [4.69, 9.17) is 10.8 Å². The molecule has 0 saturated heterocycles. The summed E-state index contributed by atoms with van der Waals surface area (Å²) in [5, 5.41) is 8.74. The van der Waals surface area contributed by atoms with Gasteiger partial charge in [-0.15, -0.1) is 0 Å². The summed E-state index contributed by atoms with van der Waals surface area (Å²) in [6.07, 6.45) is 0.398. The topological polar surface area (TPSA) is 68.2 Å². The zero-order chi connectivity index (χ0) is 11.6. The van der Waals surface area contributed by atoms with E-state index in [0.29, 0.717) is 6.42 Å². The Labute approximate surface area is 89.7 Å². The molecular formula is C11H18N2O2. The maximum absolute atomic E-state index is 10.6. The van der Waals surface area contributed by atoms with Crippen molar-refractivity contribution in [3.8, 4) is 0 Å². The summed E-state index contributed by atoms with van der Waals surface area (Å²) in [5.41, 5.74) is 8.81. The Hall–Kier alpha value is -1.29. The number of hydrogen-bond acceptors (Lipinski definition) is 2. The van der Waals surface area contributed by atoms with Crippen LogP contribution in [0.3, 0.4) is 0 Å². The van der Waals surface area contributed by atoms with Gasteiger partial charge in [-0.25, -0.2) is 0 Å². The normalized spacial score (nSPS) is 12.8. The molecule has 0 aromatic carbocycles. The number of hydrogen-bond donors (Lipinski definition) is 2. The molecule has 4 nitrogen and oxygen atoms in total. The second-order valence-electron chi connectivity index (χ2n) is 3.79. The highest BCUT2D eigenvalue weighted by molar-refractivity contribution is 5.73. The van der Waals surface area contributed by atoms with Crippen molar-refractivity contribution < 1.29 is 9.90 Å². The van der Waals surface area contributed by atoms with E-state index >= 15 is 0 Å². The van der Waals surface area contributed by atoms with Crippen LogP contribution in [0, 0.1) is 13.8 Å². The molecule has 0 amide bonds. The molecule has 0 fully saturated rings. The molecule has 1 aromatic rings. The minimum atomic E-state index is -0.948. The van der Waals surface area contributed by atoms with E-state index in [0.717, 1.165) is 23.5 Å². The molecule has 1 aromatic heterocycles. The summed E-state index contributed by atoms with van der Waals surface area (Å²) in [6, 6.07) is 1.21. The van der Waals surface area contributed by atoms with Gasteiger partial charge in [-0.2, -0.15) is 0 Å². The summed E-state index contributed by atoms with van der Waals surface area (Å²) >= 11 is 0. The zero-order valence-corrected chi connectivity index (χ0v) is 9.45. The Morgan fingerprint density at radius 1 is 1.60 bits per heavy atom. The summed E-state index contributed by atoms with van der Waals surface area (Å²) in [6.45, 7) is 6.99. The third-order valence-electron chi connectivity index (χ3n) is 2.75. The summed E-state index contributed by atoms with van der Waals surface area (Å²) in [7, 11) is 0. The van der Waals surface area contributed by atoms with Crippen LogP contribution in [-0.2, 0) is 17.8 Å². The van der Waals surface area contributed by atoms with Crippen molar-refractivity contribution >= 4 is 5.97 Å². The molecule has 1 heterocycles. The van der Waals surface area contributed by atoms with Crippen LogP contribution in [-0.4, -0.2) is 21.7 Å². The highest BCUT2D eigenvalue weighted by Crippen LogP contribution is 2.16. The molecule has 3 N–H and O–H groups in total. The molecule has 0 aliphatic heterocycles. The van der Waals surface area contributed by atoms with E-state index < -0.39 is 12.0 Å². The van der Waals surface area contributed by atoms with Crippen molar-refractivity contribution in [2.24, 2.45) is 5.73 Å². The molecule has 1 unspecified atom stereocenters. The van der Waals surface area contributed by atoms with E-state index in [-0.39, 0.29) is 0 Å². The maximum atomic E-state index is 10.6. The number of nitrogens with zero attached hydrogens (tertiary/aromatic N) is 1. The molecule has 0 radical (unpaired) electrons. The van der Waals surface area contributed by atoms with Crippen molar-refractivity contribution in [1.29, 1.82) is 0 Å².